The third-order valence-corrected chi connectivity index (χ3v) is 2.64. The number of H-pyrrole nitrogens is 1. The molecule has 2 heterocycles. The van der Waals surface area contributed by atoms with Crippen molar-refractivity contribution in [2.75, 3.05) is 11.1 Å². The van der Waals surface area contributed by atoms with Gasteiger partial charge in [-0.2, -0.15) is 5.10 Å². The highest BCUT2D eigenvalue weighted by Crippen LogP contribution is 2.16. The maximum absolute atomic E-state index is 11.7. The lowest BCUT2D eigenvalue weighted by molar-refractivity contribution is 0.102. The van der Waals surface area contributed by atoms with Gasteiger partial charge in [0.1, 0.15) is 5.51 Å². The van der Waals surface area contributed by atoms with Crippen molar-refractivity contribution in [3.63, 3.8) is 0 Å². The van der Waals surface area contributed by atoms with Gasteiger partial charge in [-0.1, -0.05) is 18.3 Å². The van der Waals surface area contributed by atoms with E-state index >= 15 is 0 Å². The molecule has 0 bridgehead atoms. The number of nitrogens with zero attached hydrogens (tertiary/aromatic N) is 3. The van der Waals surface area contributed by atoms with Crippen LogP contribution in [0.2, 0.25) is 0 Å². The van der Waals surface area contributed by atoms with E-state index in [0.29, 0.717) is 17.2 Å². The van der Waals surface area contributed by atoms with Crippen LogP contribution in [-0.2, 0) is 6.42 Å². The third-order valence-electron chi connectivity index (χ3n) is 2.03. The summed E-state index contributed by atoms with van der Waals surface area (Å²) in [6, 6.07) is 0. The number of aromatic nitrogens is 4. The molecule has 0 saturated carbocycles. The minimum absolute atomic E-state index is 0.187. The maximum atomic E-state index is 11.7. The summed E-state index contributed by atoms with van der Waals surface area (Å²) in [7, 11) is 0. The Morgan fingerprint density at radius 1 is 1.69 bits per heavy atom. The Bertz CT molecular complexity index is 491. The van der Waals surface area contributed by atoms with Gasteiger partial charge in [0, 0.05) is 0 Å². The van der Waals surface area contributed by atoms with Gasteiger partial charge in [0.25, 0.3) is 5.91 Å². The molecule has 0 aliphatic rings. The number of hydrogen-bond acceptors (Lipinski definition) is 6. The lowest BCUT2D eigenvalue weighted by Crippen LogP contribution is -2.14. The zero-order chi connectivity index (χ0) is 11.5. The van der Waals surface area contributed by atoms with E-state index < -0.39 is 0 Å². The van der Waals surface area contributed by atoms with E-state index in [9.17, 15) is 4.79 Å². The Hall–Kier alpha value is -1.96. The highest BCUT2D eigenvalue weighted by Gasteiger charge is 2.17. The minimum atomic E-state index is -0.384. The molecule has 1 amide bonds. The van der Waals surface area contributed by atoms with Crippen LogP contribution < -0.4 is 11.1 Å². The van der Waals surface area contributed by atoms with Crippen molar-refractivity contribution in [1.29, 1.82) is 0 Å². The normalized spacial score (nSPS) is 10.3. The third kappa shape index (κ3) is 1.87. The van der Waals surface area contributed by atoms with Crippen molar-refractivity contribution >= 4 is 28.1 Å². The molecule has 8 heteroatoms. The van der Waals surface area contributed by atoms with Crippen LogP contribution in [0.1, 0.15) is 23.1 Å². The summed E-state index contributed by atoms with van der Waals surface area (Å²) in [5.74, 6) is -0.384. The van der Waals surface area contributed by atoms with Crippen molar-refractivity contribution in [1.82, 2.24) is 20.4 Å². The molecule has 0 aliphatic carbocycles. The molecular formula is C8H10N6OS. The molecule has 2 aromatic heterocycles. The van der Waals surface area contributed by atoms with E-state index in [1.54, 1.807) is 0 Å². The van der Waals surface area contributed by atoms with E-state index in [1.165, 1.54) is 16.8 Å². The summed E-state index contributed by atoms with van der Waals surface area (Å²) in [6.45, 7) is 1.93. The van der Waals surface area contributed by atoms with Crippen LogP contribution in [0.25, 0.3) is 0 Å². The number of anilines is 2. The number of carbonyl (C=O) groups excluding carboxylic acids is 1. The van der Waals surface area contributed by atoms with E-state index in [-0.39, 0.29) is 11.6 Å². The van der Waals surface area contributed by atoms with Gasteiger partial charge in [0.05, 0.1) is 11.4 Å². The molecular weight excluding hydrogens is 228 g/mol. The predicted molar refractivity (Wildman–Crippen MR) is 60.2 cm³/mol. The summed E-state index contributed by atoms with van der Waals surface area (Å²) in [5.41, 5.74) is 8.60. The van der Waals surface area contributed by atoms with Crippen molar-refractivity contribution in [3.05, 3.63) is 16.9 Å². The number of amides is 1. The fourth-order valence-corrected chi connectivity index (χ4v) is 1.65. The summed E-state index contributed by atoms with van der Waals surface area (Å²) < 4.78 is 0. The largest absolute Gasteiger partial charge is 0.395 e. The van der Waals surface area contributed by atoms with Crippen LogP contribution in [0.4, 0.5) is 10.8 Å². The molecule has 0 fully saturated rings. The molecule has 0 saturated heterocycles. The first-order valence-electron chi connectivity index (χ1n) is 4.62. The Morgan fingerprint density at radius 3 is 3.06 bits per heavy atom. The molecule has 2 rings (SSSR count). The first kappa shape index (κ1) is 10.6. The number of carbonyl (C=O) groups is 1. The zero-order valence-electron chi connectivity index (χ0n) is 8.52. The summed E-state index contributed by atoms with van der Waals surface area (Å²) in [5, 5.41) is 16.9. The maximum Gasteiger partial charge on any atom is 0.280 e. The van der Waals surface area contributed by atoms with Gasteiger partial charge in [-0.05, 0) is 6.42 Å². The van der Waals surface area contributed by atoms with Gasteiger partial charge in [-0.25, -0.2) is 0 Å². The Balaban J connectivity index is 2.18. The van der Waals surface area contributed by atoms with Crippen molar-refractivity contribution in [2.45, 2.75) is 13.3 Å². The standard InChI is InChI=1S/C8H10N6OS/c1-2-4-5(9)6(13-12-4)7(15)11-8-14-10-3-16-8/h3H,2,9H2,1H3,(H,12,13)(H,11,14,15). The number of aromatic amines is 1. The van der Waals surface area contributed by atoms with E-state index in [2.05, 4.69) is 25.7 Å². The van der Waals surface area contributed by atoms with Gasteiger partial charge in [0.2, 0.25) is 5.13 Å². The molecule has 16 heavy (non-hydrogen) atoms. The number of aryl methyl sites for hydroxylation is 1. The molecule has 0 radical (unpaired) electrons. The highest BCUT2D eigenvalue weighted by molar-refractivity contribution is 7.13. The molecule has 0 aliphatic heterocycles. The summed E-state index contributed by atoms with van der Waals surface area (Å²) in [4.78, 5) is 11.7. The highest BCUT2D eigenvalue weighted by atomic mass is 32.1. The summed E-state index contributed by atoms with van der Waals surface area (Å²) >= 11 is 1.23. The number of hydrogen-bond donors (Lipinski definition) is 3. The van der Waals surface area contributed by atoms with Crippen molar-refractivity contribution < 1.29 is 4.79 Å². The average molecular weight is 238 g/mol. The van der Waals surface area contributed by atoms with Gasteiger partial charge < -0.3 is 5.73 Å². The lowest BCUT2D eigenvalue weighted by atomic mass is 10.2. The number of nitrogens with one attached hydrogen (secondary N) is 2. The van der Waals surface area contributed by atoms with Crippen LogP contribution >= 0.6 is 11.3 Å². The van der Waals surface area contributed by atoms with Crippen LogP contribution in [0.15, 0.2) is 5.51 Å². The van der Waals surface area contributed by atoms with Crippen LogP contribution in [0.3, 0.4) is 0 Å². The van der Waals surface area contributed by atoms with Gasteiger partial charge >= 0.3 is 0 Å². The van der Waals surface area contributed by atoms with Crippen molar-refractivity contribution in [2.24, 2.45) is 0 Å². The second-order valence-electron chi connectivity index (χ2n) is 3.02. The van der Waals surface area contributed by atoms with Crippen LogP contribution in [0, 0.1) is 0 Å². The van der Waals surface area contributed by atoms with Gasteiger partial charge in [-0.3, -0.25) is 15.2 Å². The first-order chi connectivity index (χ1) is 7.72. The Morgan fingerprint density at radius 2 is 2.50 bits per heavy atom. The topological polar surface area (TPSA) is 110 Å². The molecule has 0 unspecified atom stereocenters. The zero-order valence-corrected chi connectivity index (χ0v) is 9.34. The molecule has 84 valence electrons. The SMILES string of the molecule is CCc1[nH]nc(C(=O)Nc2nncs2)c1N. The average Bonchev–Trinajstić information content (AvgIpc) is 2.87. The Labute approximate surface area is 95.1 Å². The lowest BCUT2D eigenvalue weighted by Gasteiger charge is -1.98. The monoisotopic (exact) mass is 238 g/mol. The number of rotatable bonds is 3. The molecule has 0 atom stereocenters. The molecule has 0 aromatic carbocycles. The first-order valence-corrected chi connectivity index (χ1v) is 5.50. The quantitative estimate of drug-likeness (QED) is 0.727. The molecule has 2 aromatic rings. The smallest absolute Gasteiger partial charge is 0.280 e. The van der Waals surface area contributed by atoms with Gasteiger partial charge in [0.15, 0.2) is 5.69 Å². The van der Waals surface area contributed by atoms with E-state index in [0.717, 1.165) is 5.69 Å². The molecule has 0 spiro atoms. The second-order valence-corrected chi connectivity index (χ2v) is 3.85. The van der Waals surface area contributed by atoms with Crippen molar-refractivity contribution in [3.8, 4) is 0 Å². The second kappa shape index (κ2) is 4.27. The van der Waals surface area contributed by atoms with E-state index in [1.807, 2.05) is 6.92 Å². The Kier molecular flexibility index (Phi) is 2.82. The number of nitrogen functional groups attached to an aromatic ring is 1. The minimum Gasteiger partial charge on any atom is -0.395 e. The van der Waals surface area contributed by atoms with Crippen LogP contribution in [-0.4, -0.2) is 26.3 Å². The van der Waals surface area contributed by atoms with Crippen LogP contribution in [0.5, 0.6) is 0 Å². The molecule has 4 N–H and O–H groups in total. The number of nitrogens with two attached hydrogens (primary N) is 1. The summed E-state index contributed by atoms with van der Waals surface area (Å²) in [6.07, 6.45) is 0.699. The van der Waals surface area contributed by atoms with E-state index in [4.69, 9.17) is 5.73 Å². The molecule has 7 nitrogen and oxygen atoms in total. The predicted octanol–water partition coefficient (Wildman–Crippen LogP) is 0.658. The van der Waals surface area contributed by atoms with Gasteiger partial charge in [-0.15, -0.1) is 10.2 Å². The fourth-order valence-electron chi connectivity index (χ4n) is 1.21. The fraction of sp³-hybridized carbons (Fsp3) is 0.250.